The largest absolute Gasteiger partial charge is 0.452 e. The molecular formula is C26H30N6O2. The fraction of sp³-hybridized carbons (Fsp3) is 0.462. The number of nitrogens with zero attached hydrogens (tertiary/aromatic N) is 6. The average molecular weight is 459 g/mol. The number of ether oxygens (including phenoxy) is 1. The van der Waals surface area contributed by atoms with Gasteiger partial charge in [-0.2, -0.15) is 0 Å². The Balaban J connectivity index is 1.51. The van der Waals surface area contributed by atoms with E-state index in [0.717, 1.165) is 46.6 Å². The van der Waals surface area contributed by atoms with Gasteiger partial charge in [-0.1, -0.05) is 19.3 Å². The summed E-state index contributed by atoms with van der Waals surface area (Å²) in [5.74, 6) is 1.04. The monoisotopic (exact) mass is 458 g/mol. The van der Waals surface area contributed by atoms with Crippen LogP contribution < -0.4 is 4.90 Å². The van der Waals surface area contributed by atoms with Crippen LogP contribution in [-0.4, -0.2) is 43.3 Å². The zero-order valence-electron chi connectivity index (χ0n) is 19.8. The first-order valence-electron chi connectivity index (χ1n) is 12.3. The summed E-state index contributed by atoms with van der Waals surface area (Å²) in [4.78, 5) is 28.6. The lowest BCUT2D eigenvalue weighted by molar-refractivity contribution is 0.175. The van der Waals surface area contributed by atoms with E-state index in [1.165, 1.54) is 44.7 Å². The van der Waals surface area contributed by atoms with Crippen LogP contribution in [0, 0.1) is 0 Å². The van der Waals surface area contributed by atoms with Crippen LogP contribution in [0.15, 0.2) is 36.8 Å². The van der Waals surface area contributed by atoms with Crippen molar-refractivity contribution in [3.63, 3.8) is 0 Å². The van der Waals surface area contributed by atoms with Crippen LogP contribution in [0.25, 0.3) is 22.2 Å². The molecule has 0 N–H and O–H groups in total. The summed E-state index contributed by atoms with van der Waals surface area (Å²) in [6.07, 6.45) is 13.2. The van der Waals surface area contributed by atoms with Crippen molar-refractivity contribution in [3.8, 4) is 0 Å². The maximum absolute atomic E-state index is 12.6. The van der Waals surface area contributed by atoms with E-state index in [4.69, 9.17) is 9.72 Å². The molecule has 1 aromatic carbocycles. The van der Waals surface area contributed by atoms with Gasteiger partial charge in [0.05, 0.1) is 30.4 Å². The molecule has 0 saturated heterocycles. The third kappa shape index (κ3) is 3.35. The molecular weight excluding hydrogens is 428 g/mol. The Kier molecular flexibility index (Phi) is 5.23. The van der Waals surface area contributed by atoms with Crippen LogP contribution in [-0.2, 0) is 17.7 Å². The van der Waals surface area contributed by atoms with Gasteiger partial charge in [-0.25, -0.2) is 14.8 Å². The topological polar surface area (TPSA) is 78.1 Å². The molecule has 1 aliphatic heterocycles. The molecule has 0 radical (unpaired) electrons. The first-order valence-corrected chi connectivity index (χ1v) is 12.3. The third-order valence-electron chi connectivity index (χ3n) is 7.54. The smallest absolute Gasteiger partial charge is 0.414 e. The van der Waals surface area contributed by atoms with Crippen molar-refractivity contribution in [3.05, 3.63) is 48.2 Å². The minimum atomic E-state index is -0.308. The number of aromatic nitrogens is 5. The van der Waals surface area contributed by atoms with Crippen LogP contribution >= 0.6 is 0 Å². The van der Waals surface area contributed by atoms with E-state index < -0.39 is 0 Å². The quantitative estimate of drug-likeness (QED) is 0.419. The minimum Gasteiger partial charge on any atom is -0.452 e. The second kappa shape index (κ2) is 8.42. The average Bonchev–Trinajstić information content (AvgIpc) is 3.45. The normalized spacial score (nSPS) is 19.0. The first kappa shape index (κ1) is 21.1. The number of carbonyl (C=O) groups is 1. The number of fused-ring (bicyclic) bond motifs is 4. The predicted molar refractivity (Wildman–Crippen MR) is 131 cm³/mol. The second-order valence-corrected chi connectivity index (χ2v) is 9.56. The van der Waals surface area contributed by atoms with Crippen molar-refractivity contribution in [2.45, 2.75) is 70.5 Å². The highest BCUT2D eigenvalue weighted by atomic mass is 16.5. The van der Waals surface area contributed by atoms with Gasteiger partial charge >= 0.3 is 6.09 Å². The zero-order chi connectivity index (χ0) is 23.2. The molecule has 0 unspecified atom stereocenters. The van der Waals surface area contributed by atoms with Gasteiger partial charge in [0.2, 0.25) is 0 Å². The molecule has 3 aromatic heterocycles. The van der Waals surface area contributed by atoms with Gasteiger partial charge in [-0.05, 0) is 50.8 Å². The minimum absolute atomic E-state index is 0.0992. The summed E-state index contributed by atoms with van der Waals surface area (Å²) < 4.78 is 9.72. The van der Waals surface area contributed by atoms with Crippen LogP contribution in [0.4, 0.5) is 10.5 Å². The highest BCUT2D eigenvalue weighted by Gasteiger charge is 2.32. The Morgan fingerprint density at radius 3 is 2.74 bits per heavy atom. The highest BCUT2D eigenvalue weighted by Crippen LogP contribution is 2.39. The Morgan fingerprint density at radius 2 is 1.91 bits per heavy atom. The molecule has 176 valence electrons. The van der Waals surface area contributed by atoms with Gasteiger partial charge in [-0.3, -0.25) is 9.88 Å². The molecule has 4 aromatic rings. The fourth-order valence-corrected chi connectivity index (χ4v) is 5.87. The number of carbonyl (C=O) groups excluding carboxylic acids is 1. The van der Waals surface area contributed by atoms with Crippen LogP contribution in [0.3, 0.4) is 0 Å². The molecule has 1 saturated carbocycles. The molecule has 4 heterocycles. The van der Waals surface area contributed by atoms with Crippen LogP contribution in [0.2, 0.25) is 0 Å². The lowest BCUT2D eigenvalue weighted by atomic mass is 9.94. The van der Waals surface area contributed by atoms with Gasteiger partial charge in [0.25, 0.3) is 0 Å². The summed E-state index contributed by atoms with van der Waals surface area (Å²) in [5.41, 5.74) is 6.02. The number of aryl methyl sites for hydroxylation is 1. The zero-order valence-corrected chi connectivity index (χ0v) is 19.8. The van der Waals surface area contributed by atoms with E-state index in [0.29, 0.717) is 12.6 Å². The highest BCUT2D eigenvalue weighted by molar-refractivity contribution is 5.95. The van der Waals surface area contributed by atoms with Crippen molar-refractivity contribution < 1.29 is 9.53 Å². The maximum atomic E-state index is 12.6. The summed E-state index contributed by atoms with van der Waals surface area (Å²) in [6.45, 7) is 2.72. The predicted octanol–water partition coefficient (Wildman–Crippen LogP) is 5.24. The molecule has 1 amide bonds. The van der Waals surface area contributed by atoms with Crippen molar-refractivity contribution >= 4 is 34.0 Å². The molecule has 34 heavy (non-hydrogen) atoms. The summed E-state index contributed by atoms with van der Waals surface area (Å²) in [5, 5.41) is 0. The SMILES string of the molecule is COC(=O)N1c2ccc3c(nc(Cn4ccc5nccnc54)n3C3CCCCC3)c2CC[C@@H]1C. The number of hydrogen-bond acceptors (Lipinski definition) is 5. The van der Waals surface area contributed by atoms with E-state index in [1.807, 2.05) is 12.3 Å². The molecule has 8 heteroatoms. The maximum Gasteiger partial charge on any atom is 0.414 e. The molecule has 1 aliphatic carbocycles. The third-order valence-corrected chi connectivity index (χ3v) is 7.54. The van der Waals surface area contributed by atoms with Gasteiger partial charge in [-0.15, -0.1) is 0 Å². The first-order chi connectivity index (χ1) is 16.7. The van der Waals surface area contributed by atoms with E-state index in [-0.39, 0.29) is 12.1 Å². The Bertz CT molecular complexity index is 1370. The van der Waals surface area contributed by atoms with Gasteiger partial charge in [0.15, 0.2) is 5.65 Å². The standard InChI is InChI=1S/C26H30N6O2/c1-17-8-9-19-21(31(17)26(33)34-2)10-11-22-24(19)29-23(32(22)18-6-4-3-5-7-18)16-30-15-12-20-25(30)28-14-13-27-20/h10-15,17-18H,3-9,16H2,1-2H3/t17-/m0/s1. The molecule has 1 atom stereocenters. The summed E-state index contributed by atoms with van der Waals surface area (Å²) in [6, 6.07) is 6.79. The molecule has 0 spiro atoms. The Morgan fingerprint density at radius 1 is 1.09 bits per heavy atom. The number of rotatable bonds is 3. The van der Waals surface area contributed by atoms with Crippen molar-refractivity contribution in [2.24, 2.45) is 0 Å². The summed E-state index contributed by atoms with van der Waals surface area (Å²) >= 11 is 0. The molecule has 6 rings (SSSR count). The fourth-order valence-electron chi connectivity index (χ4n) is 5.87. The van der Waals surface area contributed by atoms with E-state index >= 15 is 0 Å². The van der Waals surface area contributed by atoms with Crippen molar-refractivity contribution in [2.75, 3.05) is 12.0 Å². The number of imidazole rings is 1. The number of anilines is 1. The number of benzene rings is 1. The Hall–Kier alpha value is -3.42. The van der Waals surface area contributed by atoms with Crippen LogP contribution in [0.5, 0.6) is 0 Å². The summed E-state index contributed by atoms with van der Waals surface area (Å²) in [7, 11) is 1.45. The molecule has 8 nitrogen and oxygen atoms in total. The molecule has 1 fully saturated rings. The van der Waals surface area contributed by atoms with E-state index in [2.05, 4.69) is 38.2 Å². The number of amides is 1. The van der Waals surface area contributed by atoms with Crippen molar-refractivity contribution in [1.82, 2.24) is 24.1 Å². The number of hydrogen-bond donors (Lipinski definition) is 0. The molecule has 2 aliphatic rings. The number of methoxy groups -OCH3 is 1. The Labute approximate surface area is 198 Å². The van der Waals surface area contributed by atoms with Gasteiger partial charge < -0.3 is 13.9 Å². The molecule has 0 bridgehead atoms. The van der Waals surface area contributed by atoms with Gasteiger partial charge in [0, 0.05) is 36.2 Å². The van der Waals surface area contributed by atoms with E-state index in [1.54, 1.807) is 17.3 Å². The van der Waals surface area contributed by atoms with Crippen molar-refractivity contribution in [1.29, 1.82) is 0 Å². The lowest BCUT2D eigenvalue weighted by Gasteiger charge is -2.34. The van der Waals surface area contributed by atoms with Crippen LogP contribution in [0.1, 0.15) is 62.9 Å². The van der Waals surface area contributed by atoms with Gasteiger partial charge in [0.1, 0.15) is 11.3 Å². The van der Waals surface area contributed by atoms with E-state index in [9.17, 15) is 4.79 Å². The second-order valence-electron chi connectivity index (χ2n) is 9.56. The lowest BCUT2D eigenvalue weighted by Crippen LogP contribution is -2.42.